The first-order valence-electron chi connectivity index (χ1n) is 3.47. The molecular weight excluding hydrogens is 193 g/mol. The Kier molecular flexibility index (Phi) is 1.73. The van der Waals surface area contributed by atoms with Gasteiger partial charge >= 0.3 is 0 Å². The topological polar surface area (TPSA) is 88.9 Å². The molecule has 7 nitrogen and oxygen atoms in total. The number of anilines is 1. The third-order valence-electron chi connectivity index (χ3n) is 1.58. The minimum absolute atomic E-state index is 0.0418. The summed E-state index contributed by atoms with van der Waals surface area (Å²) in [4.78, 5) is 22.3. The van der Waals surface area contributed by atoms with Gasteiger partial charge in [-0.1, -0.05) is 5.21 Å². The van der Waals surface area contributed by atoms with E-state index in [9.17, 15) is 9.59 Å². The minimum atomic E-state index is -0.367. The van der Waals surface area contributed by atoms with Crippen LogP contribution in [0.1, 0.15) is 10.5 Å². The summed E-state index contributed by atoms with van der Waals surface area (Å²) in [7, 11) is 2.20. The molecule has 2 N–H and O–H groups in total. The predicted molar refractivity (Wildman–Crippen MR) is 46.1 cm³/mol. The first-order chi connectivity index (χ1) is 6.18. The van der Waals surface area contributed by atoms with Crippen LogP contribution in [0, 0.1) is 0 Å². The lowest BCUT2D eigenvalue weighted by Crippen LogP contribution is -2.29. The van der Waals surface area contributed by atoms with Gasteiger partial charge in [-0.2, -0.15) is 0 Å². The molecule has 0 spiro atoms. The van der Waals surface area contributed by atoms with Gasteiger partial charge in [0.25, 0.3) is 5.91 Å². The van der Waals surface area contributed by atoms with E-state index in [2.05, 4.69) is 30.3 Å². The average Bonchev–Trinajstić information content (AvgIpc) is 2.36. The maximum atomic E-state index is 11.3. The zero-order valence-corrected chi connectivity index (χ0v) is 7.60. The van der Waals surface area contributed by atoms with Crippen molar-refractivity contribution in [3.8, 4) is 0 Å². The van der Waals surface area contributed by atoms with Crippen molar-refractivity contribution in [2.75, 3.05) is 11.9 Å². The highest BCUT2D eigenvalue weighted by molar-refractivity contribution is 7.14. The van der Waals surface area contributed by atoms with Crippen LogP contribution in [0.4, 0.5) is 5.82 Å². The number of nitrogens with one attached hydrogen (secondary N) is 2. The third kappa shape index (κ3) is 1.27. The largest absolute Gasteiger partial charge is 0.342 e. The smallest absolute Gasteiger partial charge is 0.274 e. The van der Waals surface area contributed by atoms with Crippen molar-refractivity contribution in [1.82, 2.24) is 20.1 Å². The van der Waals surface area contributed by atoms with E-state index in [0.29, 0.717) is 0 Å². The average molecular weight is 199 g/mol. The van der Waals surface area contributed by atoms with E-state index in [0.717, 1.165) is 0 Å². The molecule has 68 valence electrons. The lowest BCUT2D eigenvalue weighted by Gasteiger charge is -1.97. The second-order valence-electron chi connectivity index (χ2n) is 2.46. The number of nitrogens with zero attached hydrogens (tertiary/aromatic N) is 3. The first-order valence-corrected chi connectivity index (χ1v) is 3.99. The fraction of sp³-hybridized carbons (Fsp3) is 0.200. The quantitative estimate of drug-likeness (QED) is 0.503. The SMILES string of the molecule is O=C1CNC(=O)c2c(nnn2P)N1. The summed E-state index contributed by atoms with van der Waals surface area (Å²) in [6.45, 7) is -0.0418. The maximum absolute atomic E-state index is 11.3. The normalized spacial score (nSPS) is 15.8. The zero-order valence-electron chi connectivity index (χ0n) is 6.44. The number of fused-ring (bicyclic) bond motifs is 1. The van der Waals surface area contributed by atoms with Crippen LogP contribution >= 0.6 is 9.39 Å². The van der Waals surface area contributed by atoms with Crippen molar-refractivity contribution >= 4 is 27.0 Å². The summed E-state index contributed by atoms with van der Waals surface area (Å²) in [6.07, 6.45) is 0. The van der Waals surface area contributed by atoms with Crippen LogP contribution in [-0.2, 0) is 4.79 Å². The van der Waals surface area contributed by atoms with E-state index in [1.165, 1.54) is 4.45 Å². The number of carbonyl (C=O) groups is 2. The monoisotopic (exact) mass is 199 g/mol. The molecule has 1 aliphatic heterocycles. The number of carbonyl (C=O) groups excluding carboxylic acids is 2. The van der Waals surface area contributed by atoms with Crippen LogP contribution < -0.4 is 10.6 Å². The number of hydrogen-bond donors (Lipinski definition) is 2. The number of hydrogen-bond acceptors (Lipinski definition) is 4. The van der Waals surface area contributed by atoms with Crippen LogP contribution in [0.2, 0.25) is 0 Å². The molecule has 2 rings (SSSR count). The summed E-state index contributed by atoms with van der Waals surface area (Å²) in [6, 6.07) is 0. The Morgan fingerprint density at radius 1 is 1.46 bits per heavy atom. The molecule has 2 amide bonds. The van der Waals surface area contributed by atoms with E-state index in [-0.39, 0.29) is 29.9 Å². The molecule has 1 aromatic heterocycles. The Bertz CT molecular complexity index is 386. The molecule has 0 saturated carbocycles. The molecule has 0 aromatic carbocycles. The Morgan fingerprint density at radius 3 is 3.00 bits per heavy atom. The zero-order chi connectivity index (χ0) is 9.42. The van der Waals surface area contributed by atoms with Crippen LogP contribution in [0.5, 0.6) is 0 Å². The van der Waals surface area contributed by atoms with E-state index >= 15 is 0 Å². The Balaban J connectivity index is 2.51. The molecule has 0 saturated heterocycles. The standard InChI is InChI=1S/C5H6N5O2P/c11-2-1-6-5(12)3-4(7-2)8-9-10(3)13/h1,13H2,(H,6,12)(H,7,11). The fourth-order valence-corrected chi connectivity index (χ4v) is 1.30. The van der Waals surface area contributed by atoms with Crippen LogP contribution in [-0.4, -0.2) is 33.1 Å². The number of aromatic nitrogens is 3. The lowest BCUT2D eigenvalue weighted by molar-refractivity contribution is -0.115. The van der Waals surface area contributed by atoms with Gasteiger partial charge in [0.2, 0.25) is 5.91 Å². The molecule has 0 bridgehead atoms. The molecule has 1 atom stereocenters. The minimum Gasteiger partial charge on any atom is -0.342 e. The van der Waals surface area contributed by atoms with Gasteiger partial charge in [0.05, 0.1) is 6.54 Å². The van der Waals surface area contributed by atoms with Crippen molar-refractivity contribution in [1.29, 1.82) is 0 Å². The molecule has 8 heteroatoms. The molecule has 1 aromatic rings. The van der Waals surface area contributed by atoms with Gasteiger partial charge in [-0.05, 0) is 9.39 Å². The highest BCUT2D eigenvalue weighted by Crippen LogP contribution is 2.14. The molecule has 2 heterocycles. The molecule has 1 aliphatic rings. The highest BCUT2D eigenvalue weighted by atomic mass is 31.0. The van der Waals surface area contributed by atoms with E-state index < -0.39 is 0 Å². The molecular formula is C5H6N5O2P. The summed E-state index contributed by atoms with van der Waals surface area (Å²) >= 11 is 0. The Hall–Kier alpha value is -1.49. The Labute approximate surface area is 75.1 Å². The van der Waals surface area contributed by atoms with Crippen LogP contribution in [0.25, 0.3) is 0 Å². The van der Waals surface area contributed by atoms with Gasteiger partial charge in [0.15, 0.2) is 11.5 Å². The second kappa shape index (κ2) is 2.77. The van der Waals surface area contributed by atoms with Crippen LogP contribution in [0.15, 0.2) is 0 Å². The second-order valence-corrected chi connectivity index (χ2v) is 2.95. The van der Waals surface area contributed by atoms with Gasteiger partial charge in [0.1, 0.15) is 0 Å². The number of rotatable bonds is 0. The molecule has 1 unspecified atom stereocenters. The summed E-state index contributed by atoms with van der Waals surface area (Å²) in [5.74, 6) is -0.485. The molecule has 0 aliphatic carbocycles. The summed E-state index contributed by atoms with van der Waals surface area (Å²) < 4.78 is 1.23. The van der Waals surface area contributed by atoms with Gasteiger partial charge in [-0.25, -0.2) is 4.45 Å². The first kappa shape index (κ1) is 8.12. The molecule has 0 fully saturated rings. The Morgan fingerprint density at radius 2 is 2.23 bits per heavy atom. The van der Waals surface area contributed by atoms with E-state index in [4.69, 9.17) is 0 Å². The summed E-state index contributed by atoms with van der Waals surface area (Å²) in [5.41, 5.74) is 0.232. The van der Waals surface area contributed by atoms with Crippen LogP contribution in [0.3, 0.4) is 0 Å². The van der Waals surface area contributed by atoms with Crippen molar-refractivity contribution in [3.05, 3.63) is 5.69 Å². The van der Waals surface area contributed by atoms with Gasteiger partial charge in [-0.3, -0.25) is 9.59 Å². The van der Waals surface area contributed by atoms with E-state index in [1.807, 2.05) is 0 Å². The molecule has 0 radical (unpaired) electrons. The third-order valence-corrected chi connectivity index (χ3v) is 1.94. The fourth-order valence-electron chi connectivity index (χ4n) is 1.01. The van der Waals surface area contributed by atoms with Gasteiger partial charge < -0.3 is 10.6 Å². The van der Waals surface area contributed by atoms with Gasteiger partial charge in [0, 0.05) is 0 Å². The highest BCUT2D eigenvalue weighted by Gasteiger charge is 2.24. The van der Waals surface area contributed by atoms with E-state index in [1.54, 1.807) is 0 Å². The number of amides is 2. The van der Waals surface area contributed by atoms with Crippen molar-refractivity contribution < 1.29 is 9.59 Å². The van der Waals surface area contributed by atoms with Crippen molar-refractivity contribution in [2.24, 2.45) is 0 Å². The lowest BCUT2D eigenvalue weighted by atomic mass is 10.4. The summed E-state index contributed by atoms with van der Waals surface area (Å²) in [5, 5.41) is 12.1. The predicted octanol–water partition coefficient (Wildman–Crippen LogP) is -1.40. The van der Waals surface area contributed by atoms with Gasteiger partial charge in [-0.15, -0.1) is 5.10 Å². The molecule has 13 heavy (non-hydrogen) atoms. The van der Waals surface area contributed by atoms with Crippen molar-refractivity contribution in [2.45, 2.75) is 0 Å². The maximum Gasteiger partial charge on any atom is 0.274 e. The van der Waals surface area contributed by atoms with Crippen molar-refractivity contribution in [3.63, 3.8) is 0 Å².